The molecule has 0 unspecified atom stereocenters. The largest absolute Gasteiger partial charge is 0.378 e. The Bertz CT molecular complexity index is 710. The Balaban J connectivity index is 1.76. The van der Waals surface area contributed by atoms with E-state index in [4.69, 9.17) is 4.74 Å². The first-order valence-electron chi connectivity index (χ1n) is 8.01. The first-order chi connectivity index (χ1) is 11.0. The van der Waals surface area contributed by atoms with Gasteiger partial charge in [-0.15, -0.1) is 0 Å². The number of carbonyl (C=O) groups excluding carboxylic acids is 1. The number of aryl methyl sites for hydroxylation is 1. The van der Waals surface area contributed by atoms with Gasteiger partial charge < -0.3 is 14.5 Å². The van der Waals surface area contributed by atoms with E-state index in [-0.39, 0.29) is 18.1 Å². The van der Waals surface area contributed by atoms with E-state index in [0.717, 1.165) is 24.3 Å². The van der Waals surface area contributed by atoms with Crippen LogP contribution in [0, 0.1) is 6.92 Å². The summed E-state index contributed by atoms with van der Waals surface area (Å²) in [6.07, 6.45) is 3.69. The number of methoxy groups -OCH3 is 1. The van der Waals surface area contributed by atoms with E-state index in [0.29, 0.717) is 11.7 Å². The van der Waals surface area contributed by atoms with Gasteiger partial charge in [-0.1, -0.05) is 6.07 Å². The molecule has 3 heterocycles. The van der Waals surface area contributed by atoms with Crippen LogP contribution in [0.5, 0.6) is 0 Å². The Morgan fingerprint density at radius 1 is 1.43 bits per heavy atom. The molecule has 1 aliphatic rings. The number of aromatic nitrogens is 2. The topological polar surface area (TPSA) is 58.9 Å². The van der Waals surface area contributed by atoms with Crippen molar-refractivity contribution in [1.29, 1.82) is 0 Å². The molecule has 0 aliphatic carbocycles. The van der Waals surface area contributed by atoms with Crippen molar-refractivity contribution in [2.24, 2.45) is 0 Å². The number of nitrogens with one attached hydrogen (secondary N) is 1. The van der Waals surface area contributed by atoms with Crippen LogP contribution in [0.15, 0.2) is 24.5 Å². The number of ether oxygens (including phenoxy) is 1. The fraction of sp³-hybridized carbons (Fsp3) is 0.529. The molecule has 2 aromatic heterocycles. The molecule has 1 N–H and O–H groups in total. The van der Waals surface area contributed by atoms with Crippen molar-refractivity contribution in [3.8, 4) is 0 Å². The molecule has 0 spiro atoms. The van der Waals surface area contributed by atoms with Gasteiger partial charge in [0.2, 0.25) is 0 Å². The minimum Gasteiger partial charge on any atom is -0.378 e. The molecule has 1 saturated heterocycles. The van der Waals surface area contributed by atoms with Crippen molar-refractivity contribution in [2.75, 3.05) is 20.2 Å². The second-order valence-corrected chi connectivity index (χ2v) is 6.45. The number of fused-ring (bicyclic) bond motifs is 1. The number of hydrogen-bond donors (Lipinski definition) is 1. The Morgan fingerprint density at radius 3 is 2.87 bits per heavy atom. The first kappa shape index (κ1) is 16.0. The summed E-state index contributed by atoms with van der Waals surface area (Å²) >= 11 is 0. The molecule has 3 rings (SSSR count). The Kier molecular flexibility index (Phi) is 4.37. The van der Waals surface area contributed by atoms with Crippen molar-refractivity contribution in [2.45, 2.75) is 39.0 Å². The van der Waals surface area contributed by atoms with E-state index >= 15 is 0 Å². The molecule has 23 heavy (non-hydrogen) atoms. The molecule has 6 nitrogen and oxygen atoms in total. The van der Waals surface area contributed by atoms with Crippen LogP contribution in [0.2, 0.25) is 0 Å². The molecule has 0 aromatic carbocycles. The standard InChI is InChI=1S/C17H24N4O2/c1-11(2)21-8-13(15(10-21)23-4)19-17(22)14-9-20-7-5-6-12(3)16(20)18-14/h5-7,9,11,13,15H,8,10H2,1-4H3,(H,19,22)/t13-,15-/m1/s1. The summed E-state index contributed by atoms with van der Waals surface area (Å²) in [5.41, 5.74) is 2.31. The third-order valence-corrected chi connectivity index (χ3v) is 4.55. The van der Waals surface area contributed by atoms with Gasteiger partial charge in [-0.2, -0.15) is 0 Å². The lowest BCUT2D eigenvalue weighted by atomic mass is 10.2. The summed E-state index contributed by atoms with van der Waals surface area (Å²) < 4.78 is 7.42. The summed E-state index contributed by atoms with van der Waals surface area (Å²) in [6, 6.07) is 4.36. The first-order valence-corrected chi connectivity index (χ1v) is 8.01. The zero-order chi connectivity index (χ0) is 16.6. The molecule has 1 amide bonds. The maximum atomic E-state index is 12.6. The quantitative estimate of drug-likeness (QED) is 0.928. The second kappa shape index (κ2) is 6.29. The minimum atomic E-state index is -0.147. The number of amides is 1. The predicted octanol–water partition coefficient (Wildman–Crippen LogP) is 1.48. The second-order valence-electron chi connectivity index (χ2n) is 6.45. The molecule has 0 saturated carbocycles. The Hall–Kier alpha value is -1.92. The lowest BCUT2D eigenvalue weighted by Gasteiger charge is -2.19. The normalized spacial score (nSPS) is 22.1. The number of carbonyl (C=O) groups is 1. The van der Waals surface area contributed by atoms with Crippen LogP contribution in [-0.2, 0) is 4.74 Å². The van der Waals surface area contributed by atoms with Gasteiger partial charge in [0, 0.05) is 38.6 Å². The zero-order valence-electron chi connectivity index (χ0n) is 14.1. The monoisotopic (exact) mass is 316 g/mol. The molecule has 1 fully saturated rings. The Labute approximate surface area is 136 Å². The maximum absolute atomic E-state index is 12.6. The minimum absolute atomic E-state index is 0.0131. The van der Waals surface area contributed by atoms with Gasteiger partial charge >= 0.3 is 0 Å². The highest BCUT2D eigenvalue weighted by atomic mass is 16.5. The summed E-state index contributed by atoms with van der Waals surface area (Å²) in [6.45, 7) is 7.93. The van der Waals surface area contributed by atoms with Crippen LogP contribution in [0.1, 0.15) is 29.9 Å². The average molecular weight is 316 g/mol. The predicted molar refractivity (Wildman–Crippen MR) is 88.7 cm³/mol. The molecular weight excluding hydrogens is 292 g/mol. The van der Waals surface area contributed by atoms with Crippen LogP contribution in [0.25, 0.3) is 5.65 Å². The van der Waals surface area contributed by atoms with E-state index < -0.39 is 0 Å². The third-order valence-electron chi connectivity index (χ3n) is 4.55. The van der Waals surface area contributed by atoms with Crippen molar-refractivity contribution in [3.63, 3.8) is 0 Å². The fourth-order valence-corrected chi connectivity index (χ4v) is 3.11. The molecule has 0 radical (unpaired) electrons. The molecule has 0 bridgehead atoms. The molecular formula is C17H24N4O2. The third kappa shape index (κ3) is 3.09. The van der Waals surface area contributed by atoms with Crippen LogP contribution < -0.4 is 5.32 Å². The number of imidazole rings is 1. The zero-order valence-corrected chi connectivity index (χ0v) is 14.1. The molecule has 1 aliphatic heterocycles. The van der Waals surface area contributed by atoms with Crippen molar-refractivity contribution in [3.05, 3.63) is 35.8 Å². The lowest BCUT2D eigenvalue weighted by molar-refractivity contribution is 0.0750. The van der Waals surface area contributed by atoms with Gasteiger partial charge in [-0.05, 0) is 32.4 Å². The molecule has 2 aromatic rings. The van der Waals surface area contributed by atoms with Crippen molar-refractivity contribution >= 4 is 11.6 Å². The van der Waals surface area contributed by atoms with E-state index in [1.54, 1.807) is 13.3 Å². The van der Waals surface area contributed by atoms with Gasteiger partial charge in [0.05, 0.1) is 12.1 Å². The van der Waals surface area contributed by atoms with Gasteiger partial charge in [0.25, 0.3) is 5.91 Å². The fourth-order valence-electron chi connectivity index (χ4n) is 3.11. The number of nitrogens with zero attached hydrogens (tertiary/aromatic N) is 3. The van der Waals surface area contributed by atoms with Gasteiger partial charge in [-0.25, -0.2) is 4.98 Å². The summed E-state index contributed by atoms with van der Waals surface area (Å²) in [7, 11) is 1.70. The van der Waals surface area contributed by atoms with Crippen molar-refractivity contribution in [1.82, 2.24) is 19.6 Å². The highest BCUT2D eigenvalue weighted by molar-refractivity contribution is 5.93. The number of likely N-dealkylation sites (tertiary alicyclic amines) is 1. The number of pyridine rings is 1. The smallest absolute Gasteiger partial charge is 0.271 e. The van der Waals surface area contributed by atoms with Gasteiger partial charge in [-0.3, -0.25) is 9.69 Å². The van der Waals surface area contributed by atoms with E-state index in [1.807, 2.05) is 29.7 Å². The Morgan fingerprint density at radius 2 is 2.22 bits per heavy atom. The average Bonchev–Trinajstić information content (AvgIpc) is 3.11. The molecule has 124 valence electrons. The van der Waals surface area contributed by atoms with Crippen LogP contribution >= 0.6 is 0 Å². The summed E-state index contributed by atoms with van der Waals surface area (Å²) in [5, 5.41) is 3.08. The SMILES string of the molecule is CO[C@@H]1CN(C(C)C)C[C@H]1NC(=O)c1cn2cccc(C)c2n1. The molecule has 2 atom stereocenters. The summed E-state index contributed by atoms with van der Waals surface area (Å²) in [5.74, 6) is -0.147. The van der Waals surface area contributed by atoms with Gasteiger partial charge in [0.1, 0.15) is 11.3 Å². The van der Waals surface area contributed by atoms with E-state index in [9.17, 15) is 4.79 Å². The van der Waals surface area contributed by atoms with Crippen LogP contribution in [0.4, 0.5) is 0 Å². The van der Waals surface area contributed by atoms with Crippen LogP contribution in [-0.4, -0.2) is 58.6 Å². The highest BCUT2D eigenvalue weighted by Crippen LogP contribution is 2.17. The maximum Gasteiger partial charge on any atom is 0.271 e. The van der Waals surface area contributed by atoms with E-state index in [1.165, 1.54) is 0 Å². The van der Waals surface area contributed by atoms with Crippen molar-refractivity contribution < 1.29 is 9.53 Å². The van der Waals surface area contributed by atoms with Gasteiger partial charge in [0.15, 0.2) is 0 Å². The lowest BCUT2D eigenvalue weighted by Crippen LogP contribution is -2.43. The number of rotatable bonds is 4. The van der Waals surface area contributed by atoms with E-state index in [2.05, 4.69) is 29.0 Å². The molecule has 6 heteroatoms. The summed E-state index contributed by atoms with van der Waals surface area (Å²) in [4.78, 5) is 19.3. The number of hydrogen-bond acceptors (Lipinski definition) is 4. The van der Waals surface area contributed by atoms with Crippen LogP contribution in [0.3, 0.4) is 0 Å². The highest BCUT2D eigenvalue weighted by Gasteiger charge is 2.35.